The van der Waals surface area contributed by atoms with Crippen molar-refractivity contribution in [3.05, 3.63) is 59.7 Å². The van der Waals surface area contributed by atoms with E-state index in [1.54, 1.807) is 20.3 Å². The second-order valence-corrected chi connectivity index (χ2v) is 8.10. The molecule has 2 fully saturated rings. The molecule has 29 heavy (non-hydrogen) atoms. The molecule has 2 aromatic rings. The molecule has 2 bridgehead atoms. The fraction of sp³-hybridized carbons (Fsp3) is 0.458. The van der Waals surface area contributed by atoms with Crippen LogP contribution in [0.15, 0.2) is 48.5 Å². The molecule has 2 atom stereocenters. The first-order chi connectivity index (χ1) is 14.2. The van der Waals surface area contributed by atoms with Gasteiger partial charge >= 0.3 is 0 Å². The highest BCUT2D eigenvalue weighted by molar-refractivity contribution is 5.94. The Morgan fingerprint density at radius 2 is 1.79 bits per heavy atom. The van der Waals surface area contributed by atoms with E-state index in [1.165, 1.54) is 24.8 Å². The Kier molecular flexibility index (Phi) is 6.05. The van der Waals surface area contributed by atoms with Crippen molar-refractivity contribution in [2.45, 2.75) is 56.8 Å². The molecule has 154 valence electrons. The minimum absolute atomic E-state index is 0.00912. The summed E-state index contributed by atoms with van der Waals surface area (Å²) in [5, 5.41) is 3.28. The molecule has 2 heterocycles. The summed E-state index contributed by atoms with van der Waals surface area (Å²) in [7, 11) is 3.36. The van der Waals surface area contributed by atoms with Gasteiger partial charge in [-0.25, -0.2) is 0 Å². The van der Waals surface area contributed by atoms with E-state index in [2.05, 4.69) is 22.3 Å². The normalized spacial score (nSPS) is 24.0. The van der Waals surface area contributed by atoms with E-state index < -0.39 is 0 Å². The minimum atomic E-state index is -0.00912. The molecule has 2 saturated heterocycles. The number of carbonyl (C=O) groups is 1. The predicted octanol–water partition coefficient (Wildman–Crippen LogP) is 4.02. The zero-order valence-corrected chi connectivity index (χ0v) is 17.3. The number of piperidine rings is 2. The molecule has 2 aromatic carbocycles. The van der Waals surface area contributed by atoms with Gasteiger partial charge in [-0.15, -0.1) is 0 Å². The van der Waals surface area contributed by atoms with Gasteiger partial charge in [0.1, 0.15) is 11.5 Å². The number of methoxy groups -OCH3 is 2. The molecule has 0 spiro atoms. The third-order valence-corrected chi connectivity index (χ3v) is 6.34. The molecule has 0 aliphatic carbocycles. The number of para-hydroxylation sites is 1. The first-order valence-corrected chi connectivity index (χ1v) is 10.5. The van der Waals surface area contributed by atoms with Crippen LogP contribution in [0.5, 0.6) is 11.5 Å². The minimum Gasteiger partial charge on any atom is -0.497 e. The summed E-state index contributed by atoms with van der Waals surface area (Å²) in [4.78, 5) is 15.4. The highest BCUT2D eigenvalue weighted by Gasteiger charge is 2.38. The molecular weight excluding hydrogens is 364 g/mol. The number of amides is 1. The van der Waals surface area contributed by atoms with Crippen LogP contribution in [-0.4, -0.2) is 43.2 Å². The number of rotatable bonds is 6. The first-order valence-electron chi connectivity index (χ1n) is 10.5. The highest BCUT2D eigenvalue weighted by atomic mass is 16.5. The smallest absolute Gasteiger partial charge is 0.251 e. The summed E-state index contributed by atoms with van der Waals surface area (Å²) in [6.07, 6.45) is 5.66. The second kappa shape index (κ2) is 8.87. The summed E-state index contributed by atoms with van der Waals surface area (Å²) in [5.41, 5.74) is 1.90. The number of fused-ring (bicyclic) bond motifs is 2. The van der Waals surface area contributed by atoms with E-state index in [0.29, 0.717) is 23.4 Å². The van der Waals surface area contributed by atoms with Gasteiger partial charge < -0.3 is 14.8 Å². The summed E-state index contributed by atoms with van der Waals surface area (Å²) >= 11 is 0. The van der Waals surface area contributed by atoms with E-state index >= 15 is 0 Å². The van der Waals surface area contributed by atoms with Crippen LogP contribution < -0.4 is 14.8 Å². The Balaban J connectivity index is 1.43. The maximum atomic E-state index is 12.8. The van der Waals surface area contributed by atoms with Crippen LogP contribution in [0.2, 0.25) is 0 Å². The Bertz CT molecular complexity index is 840. The number of nitrogens with one attached hydrogen (secondary N) is 1. The number of benzene rings is 2. The van der Waals surface area contributed by atoms with Crippen molar-refractivity contribution in [2.75, 3.05) is 14.2 Å². The van der Waals surface area contributed by atoms with Crippen molar-refractivity contribution in [3.63, 3.8) is 0 Å². The second-order valence-electron chi connectivity index (χ2n) is 8.10. The van der Waals surface area contributed by atoms with Crippen LogP contribution in [0.4, 0.5) is 0 Å². The van der Waals surface area contributed by atoms with Gasteiger partial charge in [0.05, 0.1) is 14.2 Å². The van der Waals surface area contributed by atoms with Gasteiger partial charge in [0.25, 0.3) is 5.91 Å². The molecule has 0 unspecified atom stereocenters. The van der Waals surface area contributed by atoms with Crippen molar-refractivity contribution >= 4 is 5.91 Å². The Morgan fingerprint density at radius 3 is 2.52 bits per heavy atom. The zero-order valence-electron chi connectivity index (χ0n) is 17.3. The van der Waals surface area contributed by atoms with Gasteiger partial charge in [0.2, 0.25) is 0 Å². The summed E-state index contributed by atoms with van der Waals surface area (Å²) < 4.78 is 10.8. The van der Waals surface area contributed by atoms with Gasteiger partial charge in [0.15, 0.2) is 0 Å². The van der Waals surface area contributed by atoms with Gasteiger partial charge in [-0.1, -0.05) is 30.7 Å². The third kappa shape index (κ3) is 4.40. The predicted molar refractivity (Wildman–Crippen MR) is 113 cm³/mol. The molecule has 2 aliphatic heterocycles. The van der Waals surface area contributed by atoms with Crippen LogP contribution in [0.1, 0.15) is 48.0 Å². The fourth-order valence-corrected chi connectivity index (χ4v) is 4.92. The van der Waals surface area contributed by atoms with Gasteiger partial charge in [-0.05, 0) is 49.9 Å². The summed E-state index contributed by atoms with van der Waals surface area (Å²) in [6.45, 7) is 0.913. The number of hydrogen-bond acceptors (Lipinski definition) is 4. The number of carbonyl (C=O) groups excluding carboxylic acids is 1. The van der Waals surface area contributed by atoms with Crippen LogP contribution in [0.3, 0.4) is 0 Å². The van der Waals surface area contributed by atoms with Crippen molar-refractivity contribution in [2.24, 2.45) is 0 Å². The molecule has 2 aliphatic rings. The highest BCUT2D eigenvalue weighted by Crippen LogP contribution is 2.36. The lowest BCUT2D eigenvalue weighted by atomic mass is 9.81. The topological polar surface area (TPSA) is 50.8 Å². The molecule has 0 radical (unpaired) electrons. The molecule has 0 aromatic heterocycles. The van der Waals surface area contributed by atoms with Crippen LogP contribution in [0.25, 0.3) is 0 Å². The van der Waals surface area contributed by atoms with E-state index in [1.807, 2.05) is 30.3 Å². The van der Waals surface area contributed by atoms with Crippen molar-refractivity contribution in [3.8, 4) is 11.5 Å². The molecule has 0 saturated carbocycles. The molecule has 5 heteroatoms. The van der Waals surface area contributed by atoms with Gasteiger partial charge in [0, 0.05) is 35.8 Å². The average Bonchev–Trinajstić information content (AvgIpc) is 2.74. The van der Waals surface area contributed by atoms with Crippen LogP contribution in [-0.2, 0) is 6.54 Å². The standard InChI is InChI=1S/C24H30N2O3/c1-28-22-11-5-8-17(13-22)24(27)25-19-14-20-9-6-10-21(15-19)26(20)16-18-7-3-4-12-23(18)29-2/h3-5,7-8,11-13,19-21H,6,9-10,14-16H2,1-2H3,(H,25,27)/t20-,21-/m1/s1. The lowest BCUT2D eigenvalue weighted by Gasteiger charge is -2.49. The SMILES string of the molecule is COc1cccc(C(=O)NC2C[C@H]3CCC[C@H](C2)N3Cc2ccccc2OC)c1. The van der Waals surface area contributed by atoms with E-state index in [4.69, 9.17) is 9.47 Å². The van der Waals surface area contributed by atoms with E-state index in [0.717, 1.165) is 25.1 Å². The van der Waals surface area contributed by atoms with Crippen molar-refractivity contribution < 1.29 is 14.3 Å². The molecule has 1 amide bonds. The molecular formula is C24H30N2O3. The largest absolute Gasteiger partial charge is 0.497 e. The Morgan fingerprint density at radius 1 is 1.03 bits per heavy atom. The molecule has 4 rings (SSSR count). The Labute approximate surface area is 173 Å². The third-order valence-electron chi connectivity index (χ3n) is 6.34. The van der Waals surface area contributed by atoms with Crippen molar-refractivity contribution in [1.82, 2.24) is 10.2 Å². The zero-order chi connectivity index (χ0) is 20.2. The quantitative estimate of drug-likeness (QED) is 0.804. The van der Waals surface area contributed by atoms with Gasteiger partial charge in [-0.2, -0.15) is 0 Å². The van der Waals surface area contributed by atoms with E-state index in [-0.39, 0.29) is 11.9 Å². The lowest BCUT2D eigenvalue weighted by Crippen LogP contribution is -2.56. The maximum Gasteiger partial charge on any atom is 0.251 e. The summed E-state index contributed by atoms with van der Waals surface area (Å²) in [5.74, 6) is 1.66. The summed E-state index contributed by atoms with van der Waals surface area (Å²) in [6, 6.07) is 16.9. The maximum absolute atomic E-state index is 12.8. The monoisotopic (exact) mass is 394 g/mol. The number of ether oxygens (including phenoxy) is 2. The van der Waals surface area contributed by atoms with Crippen molar-refractivity contribution in [1.29, 1.82) is 0 Å². The lowest BCUT2D eigenvalue weighted by molar-refractivity contribution is 0.0172. The first kappa shape index (κ1) is 19.8. The van der Waals surface area contributed by atoms with Crippen LogP contribution in [0, 0.1) is 0 Å². The average molecular weight is 395 g/mol. The molecule has 1 N–H and O–H groups in total. The number of hydrogen-bond donors (Lipinski definition) is 1. The number of nitrogens with zero attached hydrogens (tertiary/aromatic N) is 1. The van der Waals surface area contributed by atoms with E-state index in [9.17, 15) is 4.79 Å². The molecule has 5 nitrogen and oxygen atoms in total. The Hall–Kier alpha value is -2.53. The van der Waals surface area contributed by atoms with Gasteiger partial charge in [-0.3, -0.25) is 9.69 Å². The van der Waals surface area contributed by atoms with Crippen LogP contribution >= 0.6 is 0 Å². The fourth-order valence-electron chi connectivity index (χ4n) is 4.92.